The average Bonchev–Trinajstić information content (AvgIpc) is 2.95. The largest absolute Gasteiger partial charge is 0.475 e. The molecule has 1 fully saturated rings. The van der Waals surface area contributed by atoms with Crippen LogP contribution in [0.2, 0.25) is 0 Å². The molecule has 1 amide bonds. The Bertz CT molecular complexity index is 474. The van der Waals surface area contributed by atoms with Gasteiger partial charge in [0.25, 0.3) is 5.91 Å². The summed E-state index contributed by atoms with van der Waals surface area (Å²) in [5.74, 6) is -1.11. The van der Waals surface area contributed by atoms with Gasteiger partial charge in [0.2, 0.25) is 5.76 Å². The topological polar surface area (TPSA) is 79.5 Å². The lowest BCUT2D eigenvalue weighted by Gasteiger charge is -2.30. The number of carbonyl (C=O) groups is 2. The highest BCUT2D eigenvalue weighted by Gasteiger charge is 2.25. The molecule has 0 aliphatic heterocycles. The predicted molar refractivity (Wildman–Crippen MR) is 73.8 cm³/mol. The van der Waals surface area contributed by atoms with Gasteiger partial charge in [-0.1, -0.05) is 26.2 Å². The first-order valence-corrected chi connectivity index (χ1v) is 7.25. The third kappa shape index (κ3) is 3.40. The van der Waals surface area contributed by atoms with Crippen LogP contribution in [0, 0.1) is 5.92 Å². The number of carboxylic acids is 1. The Morgan fingerprint density at radius 2 is 1.95 bits per heavy atom. The molecule has 1 unspecified atom stereocenters. The second-order valence-electron chi connectivity index (χ2n) is 5.36. The fourth-order valence-electron chi connectivity index (χ4n) is 2.90. The number of hydrogen-bond acceptors (Lipinski definition) is 3. The van der Waals surface area contributed by atoms with Gasteiger partial charge in [0.15, 0.2) is 5.76 Å². The molecule has 0 spiro atoms. The molecule has 1 aliphatic rings. The van der Waals surface area contributed by atoms with Gasteiger partial charge in [0, 0.05) is 6.04 Å². The number of amides is 1. The quantitative estimate of drug-likeness (QED) is 0.868. The molecule has 1 aliphatic carbocycles. The van der Waals surface area contributed by atoms with Crippen LogP contribution in [0.5, 0.6) is 0 Å². The standard InChI is InChI=1S/C15H21NO4/c1-2-11(10-6-4-3-5-7-10)16-14(17)12-8-9-13(20-12)15(18)19/h8-11H,2-7H2,1H3,(H,16,17)(H,18,19). The molecule has 0 bridgehead atoms. The van der Waals surface area contributed by atoms with Crippen molar-refractivity contribution in [1.82, 2.24) is 5.32 Å². The third-order valence-corrected chi connectivity index (χ3v) is 4.02. The van der Waals surface area contributed by atoms with Crippen LogP contribution in [0.25, 0.3) is 0 Å². The predicted octanol–water partition coefficient (Wildman–Crippen LogP) is 3.07. The maximum absolute atomic E-state index is 12.1. The summed E-state index contributed by atoms with van der Waals surface area (Å²) in [7, 11) is 0. The normalized spacial score (nSPS) is 17.6. The Morgan fingerprint density at radius 3 is 2.50 bits per heavy atom. The highest BCUT2D eigenvalue weighted by molar-refractivity contribution is 5.93. The molecule has 20 heavy (non-hydrogen) atoms. The lowest BCUT2D eigenvalue weighted by Crippen LogP contribution is -2.40. The summed E-state index contributed by atoms with van der Waals surface area (Å²) in [6.07, 6.45) is 6.90. The van der Waals surface area contributed by atoms with Crippen molar-refractivity contribution >= 4 is 11.9 Å². The van der Waals surface area contributed by atoms with E-state index in [1.807, 2.05) is 0 Å². The molecule has 0 radical (unpaired) electrons. The van der Waals surface area contributed by atoms with Gasteiger partial charge in [-0.2, -0.15) is 0 Å². The summed E-state index contributed by atoms with van der Waals surface area (Å²) in [5, 5.41) is 11.8. The zero-order chi connectivity index (χ0) is 14.5. The van der Waals surface area contributed by atoms with Gasteiger partial charge in [-0.05, 0) is 37.3 Å². The Kier molecular flexibility index (Phi) is 4.82. The minimum atomic E-state index is -1.16. The summed E-state index contributed by atoms with van der Waals surface area (Å²) in [4.78, 5) is 22.8. The van der Waals surface area contributed by atoms with Crippen molar-refractivity contribution in [2.45, 2.75) is 51.5 Å². The number of aromatic carboxylic acids is 1. The first-order valence-electron chi connectivity index (χ1n) is 7.25. The molecule has 0 saturated heterocycles. The molecule has 1 saturated carbocycles. The van der Waals surface area contributed by atoms with E-state index >= 15 is 0 Å². The minimum absolute atomic E-state index is 0.0664. The second-order valence-corrected chi connectivity index (χ2v) is 5.36. The van der Waals surface area contributed by atoms with Crippen molar-refractivity contribution in [2.24, 2.45) is 5.92 Å². The third-order valence-electron chi connectivity index (χ3n) is 4.02. The van der Waals surface area contributed by atoms with Crippen LogP contribution < -0.4 is 5.32 Å². The van der Waals surface area contributed by atoms with E-state index in [0.717, 1.165) is 19.3 Å². The number of nitrogens with one attached hydrogen (secondary N) is 1. The van der Waals surface area contributed by atoms with Crippen molar-refractivity contribution in [1.29, 1.82) is 0 Å². The fraction of sp³-hybridized carbons (Fsp3) is 0.600. The minimum Gasteiger partial charge on any atom is -0.475 e. The van der Waals surface area contributed by atoms with Crippen LogP contribution in [0.1, 0.15) is 66.6 Å². The van der Waals surface area contributed by atoms with Gasteiger partial charge in [-0.3, -0.25) is 4.79 Å². The Morgan fingerprint density at radius 1 is 1.30 bits per heavy atom. The summed E-state index contributed by atoms with van der Waals surface area (Å²) < 4.78 is 5.03. The summed E-state index contributed by atoms with van der Waals surface area (Å²) in [5.41, 5.74) is 0. The number of carbonyl (C=O) groups excluding carboxylic acids is 1. The van der Waals surface area contributed by atoms with Gasteiger partial charge in [0.05, 0.1) is 0 Å². The van der Waals surface area contributed by atoms with E-state index in [-0.39, 0.29) is 23.5 Å². The number of rotatable bonds is 5. The van der Waals surface area contributed by atoms with Crippen molar-refractivity contribution in [3.8, 4) is 0 Å². The molecular weight excluding hydrogens is 258 g/mol. The van der Waals surface area contributed by atoms with Gasteiger partial charge >= 0.3 is 5.97 Å². The highest BCUT2D eigenvalue weighted by atomic mass is 16.4. The van der Waals surface area contributed by atoms with E-state index in [9.17, 15) is 9.59 Å². The van der Waals surface area contributed by atoms with Gasteiger partial charge in [-0.15, -0.1) is 0 Å². The van der Waals surface area contributed by atoms with Crippen LogP contribution in [0.3, 0.4) is 0 Å². The Hall–Kier alpha value is -1.78. The van der Waals surface area contributed by atoms with E-state index in [1.54, 1.807) is 0 Å². The number of furan rings is 1. The molecule has 1 atom stereocenters. The first-order chi connectivity index (χ1) is 9.61. The molecule has 1 heterocycles. The molecule has 1 aromatic heterocycles. The van der Waals surface area contributed by atoms with Crippen LogP contribution in [-0.4, -0.2) is 23.0 Å². The fourth-order valence-corrected chi connectivity index (χ4v) is 2.90. The molecule has 1 aromatic rings. The average molecular weight is 279 g/mol. The van der Waals surface area contributed by atoms with E-state index < -0.39 is 5.97 Å². The molecule has 110 valence electrons. The monoisotopic (exact) mass is 279 g/mol. The maximum Gasteiger partial charge on any atom is 0.371 e. The molecular formula is C15H21NO4. The number of carboxylic acid groups (broad SMARTS) is 1. The lowest BCUT2D eigenvalue weighted by molar-refractivity contribution is 0.0659. The van der Waals surface area contributed by atoms with Crippen LogP contribution in [-0.2, 0) is 0 Å². The smallest absolute Gasteiger partial charge is 0.371 e. The molecule has 2 rings (SSSR count). The number of hydrogen-bond donors (Lipinski definition) is 2. The van der Waals surface area contributed by atoms with Crippen molar-refractivity contribution in [3.63, 3.8) is 0 Å². The van der Waals surface area contributed by atoms with E-state index in [2.05, 4.69) is 12.2 Å². The lowest BCUT2D eigenvalue weighted by atomic mass is 9.83. The van der Waals surface area contributed by atoms with Crippen LogP contribution in [0.15, 0.2) is 16.5 Å². The molecule has 2 N–H and O–H groups in total. The highest BCUT2D eigenvalue weighted by Crippen LogP contribution is 2.27. The van der Waals surface area contributed by atoms with Crippen molar-refractivity contribution in [3.05, 3.63) is 23.7 Å². The van der Waals surface area contributed by atoms with Gasteiger partial charge in [-0.25, -0.2) is 4.79 Å². The molecule has 5 heteroatoms. The van der Waals surface area contributed by atoms with Crippen molar-refractivity contribution < 1.29 is 19.1 Å². The zero-order valence-corrected chi connectivity index (χ0v) is 11.7. The van der Waals surface area contributed by atoms with Crippen LogP contribution >= 0.6 is 0 Å². The van der Waals surface area contributed by atoms with E-state index in [4.69, 9.17) is 9.52 Å². The van der Waals surface area contributed by atoms with Gasteiger partial charge < -0.3 is 14.8 Å². The molecule has 5 nitrogen and oxygen atoms in total. The SMILES string of the molecule is CCC(NC(=O)c1ccc(C(=O)O)o1)C1CCCCC1. The summed E-state index contributed by atoms with van der Waals surface area (Å²) in [6, 6.07) is 2.85. The first kappa shape index (κ1) is 14.6. The Balaban J connectivity index is 1.98. The summed E-state index contributed by atoms with van der Waals surface area (Å²) in [6.45, 7) is 2.06. The van der Waals surface area contributed by atoms with E-state index in [0.29, 0.717) is 5.92 Å². The summed E-state index contributed by atoms with van der Waals surface area (Å²) >= 11 is 0. The molecule has 0 aromatic carbocycles. The Labute approximate surface area is 118 Å². The van der Waals surface area contributed by atoms with Crippen molar-refractivity contribution in [2.75, 3.05) is 0 Å². The second kappa shape index (κ2) is 6.59. The van der Waals surface area contributed by atoms with Crippen LogP contribution in [0.4, 0.5) is 0 Å². The van der Waals surface area contributed by atoms with E-state index in [1.165, 1.54) is 31.4 Å². The maximum atomic E-state index is 12.1. The van der Waals surface area contributed by atoms with Gasteiger partial charge in [0.1, 0.15) is 0 Å². The zero-order valence-electron chi connectivity index (χ0n) is 11.7.